The molecule has 3 aliphatic carbocycles. The number of Topliss-reactive ketones (excluding diaryl/α,β-unsaturated/α-hetero) is 2. The standard InChI is InChI=1S/C22H26N2O8/c1-7-8-5-4-6-9(25)11(8)16(26)12-10(7)17(27)14-15(24(2)3)18(28)13(21(23)31)20(30)22(14,32)19(12)29/h4-7,10,12,14-15,17,19,25,27-29,32H,1-3H3,(H2,23,31)/t7-,10?,12?,14?,15?,17-,19?,22-/m0/s1. The zero-order chi connectivity index (χ0) is 23.9. The number of nitrogens with two attached hydrogens (primary N) is 1. The molecule has 0 spiro atoms. The molecule has 172 valence electrons. The smallest absolute Gasteiger partial charge is 0.255 e. The summed E-state index contributed by atoms with van der Waals surface area (Å²) in [7, 11) is 3.01. The molecular weight excluding hydrogens is 420 g/mol. The summed E-state index contributed by atoms with van der Waals surface area (Å²) in [6, 6.07) is 3.26. The van der Waals surface area contributed by atoms with E-state index in [0.717, 1.165) is 0 Å². The summed E-state index contributed by atoms with van der Waals surface area (Å²) in [4.78, 5) is 39.9. The van der Waals surface area contributed by atoms with Crippen molar-refractivity contribution in [3.05, 3.63) is 40.7 Å². The van der Waals surface area contributed by atoms with Crippen LogP contribution in [-0.2, 0) is 9.59 Å². The van der Waals surface area contributed by atoms with E-state index >= 15 is 0 Å². The number of fused-ring (bicyclic) bond motifs is 3. The lowest BCUT2D eigenvalue weighted by molar-refractivity contribution is -0.220. The maximum atomic E-state index is 13.4. The molecule has 0 aliphatic heterocycles. The Morgan fingerprint density at radius 2 is 1.78 bits per heavy atom. The highest BCUT2D eigenvalue weighted by molar-refractivity contribution is 6.23. The van der Waals surface area contributed by atoms with E-state index in [1.165, 1.54) is 25.1 Å². The Bertz CT molecular complexity index is 1070. The quantitative estimate of drug-likeness (QED) is 0.305. The minimum absolute atomic E-state index is 0.0458. The van der Waals surface area contributed by atoms with Crippen LogP contribution in [0, 0.1) is 17.8 Å². The number of ketones is 2. The van der Waals surface area contributed by atoms with Crippen LogP contribution in [0.3, 0.4) is 0 Å². The minimum Gasteiger partial charge on any atom is -0.510 e. The molecule has 1 saturated carbocycles. The first-order valence-corrected chi connectivity index (χ1v) is 10.3. The summed E-state index contributed by atoms with van der Waals surface area (Å²) in [5.74, 6) is -8.79. The molecule has 0 saturated heterocycles. The number of aliphatic hydroxyl groups is 4. The normalized spacial score (nSPS) is 38.9. The van der Waals surface area contributed by atoms with Gasteiger partial charge in [0.1, 0.15) is 23.2 Å². The van der Waals surface area contributed by atoms with Gasteiger partial charge in [0, 0.05) is 11.8 Å². The number of phenolic OH excluding ortho intramolecular Hbond substituents is 1. The van der Waals surface area contributed by atoms with E-state index in [4.69, 9.17) is 5.73 Å². The van der Waals surface area contributed by atoms with Crippen LogP contribution in [0.5, 0.6) is 5.75 Å². The lowest BCUT2D eigenvalue weighted by Crippen LogP contribution is -2.75. The van der Waals surface area contributed by atoms with Crippen molar-refractivity contribution in [2.45, 2.75) is 36.7 Å². The van der Waals surface area contributed by atoms with Crippen molar-refractivity contribution >= 4 is 17.5 Å². The fourth-order valence-corrected chi connectivity index (χ4v) is 6.05. The number of phenols is 1. The molecule has 1 amide bonds. The molecular formula is C22H26N2O8. The molecule has 8 atom stereocenters. The van der Waals surface area contributed by atoms with Crippen molar-refractivity contribution in [1.29, 1.82) is 0 Å². The summed E-state index contributed by atoms with van der Waals surface area (Å²) < 4.78 is 0. The second kappa shape index (κ2) is 7.11. The van der Waals surface area contributed by atoms with Crippen LogP contribution >= 0.6 is 0 Å². The number of carbonyl (C=O) groups excluding carboxylic acids is 3. The number of aliphatic hydroxyl groups excluding tert-OH is 3. The van der Waals surface area contributed by atoms with Crippen molar-refractivity contribution in [2.24, 2.45) is 23.5 Å². The first-order valence-electron chi connectivity index (χ1n) is 10.3. The van der Waals surface area contributed by atoms with Gasteiger partial charge in [-0.2, -0.15) is 0 Å². The molecule has 10 heteroatoms. The zero-order valence-corrected chi connectivity index (χ0v) is 17.8. The Balaban J connectivity index is 1.98. The molecule has 32 heavy (non-hydrogen) atoms. The zero-order valence-electron chi connectivity index (χ0n) is 17.8. The molecule has 0 bridgehead atoms. The number of primary amides is 1. The molecule has 10 nitrogen and oxygen atoms in total. The van der Waals surface area contributed by atoms with Crippen molar-refractivity contribution in [3.8, 4) is 5.75 Å². The van der Waals surface area contributed by atoms with Crippen LogP contribution < -0.4 is 5.73 Å². The van der Waals surface area contributed by atoms with Crippen LogP contribution in [0.4, 0.5) is 0 Å². The van der Waals surface area contributed by atoms with E-state index in [2.05, 4.69) is 0 Å². The number of aromatic hydroxyl groups is 1. The lowest BCUT2D eigenvalue weighted by Gasteiger charge is -2.58. The average molecular weight is 446 g/mol. The van der Waals surface area contributed by atoms with Crippen molar-refractivity contribution in [1.82, 2.24) is 4.90 Å². The van der Waals surface area contributed by atoms with E-state index in [-0.39, 0.29) is 11.3 Å². The number of nitrogens with zero attached hydrogens (tertiary/aromatic N) is 1. The van der Waals surface area contributed by atoms with Gasteiger partial charge in [-0.1, -0.05) is 19.1 Å². The number of rotatable bonds is 2. The van der Waals surface area contributed by atoms with Gasteiger partial charge in [-0.3, -0.25) is 19.3 Å². The summed E-state index contributed by atoms with van der Waals surface area (Å²) in [6.07, 6.45) is -3.56. The summed E-state index contributed by atoms with van der Waals surface area (Å²) in [5.41, 5.74) is 2.05. The molecule has 1 aromatic rings. The van der Waals surface area contributed by atoms with Crippen LogP contribution in [-0.4, -0.2) is 85.9 Å². The Hall–Kier alpha value is -2.79. The van der Waals surface area contributed by atoms with Gasteiger partial charge in [0.15, 0.2) is 11.4 Å². The Labute approximate surface area is 183 Å². The average Bonchev–Trinajstić information content (AvgIpc) is 2.70. The van der Waals surface area contributed by atoms with Gasteiger partial charge in [-0.05, 0) is 31.6 Å². The monoisotopic (exact) mass is 446 g/mol. The van der Waals surface area contributed by atoms with E-state index < -0.39 is 76.3 Å². The molecule has 0 aromatic heterocycles. The van der Waals surface area contributed by atoms with Gasteiger partial charge in [0.05, 0.1) is 23.6 Å². The van der Waals surface area contributed by atoms with Crippen molar-refractivity contribution < 1.29 is 39.9 Å². The predicted molar refractivity (Wildman–Crippen MR) is 110 cm³/mol. The highest BCUT2D eigenvalue weighted by Gasteiger charge is 2.70. The van der Waals surface area contributed by atoms with Crippen LogP contribution in [0.15, 0.2) is 29.5 Å². The second-order valence-electron chi connectivity index (χ2n) is 9.15. The van der Waals surface area contributed by atoms with Crippen molar-refractivity contribution in [2.75, 3.05) is 14.1 Å². The fourth-order valence-electron chi connectivity index (χ4n) is 6.05. The van der Waals surface area contributed by atoms with Crippen LogP contribution in [0.1, 0.15) is 28.8 Å². The molecule has 1 aromatic carbocycles. The van der Waals surface area contributed by atoms with Crippen LogP contribution in [0.25, 0.3) is 0 Å². The maximum Gasteiger partial charge on any atom is 0.255 e. The third-order valence-corrected chi connectivity index (χ3v) is 7.44. The molecule has 1 fully saturated rings. The maximum absolute atomic E-state index is 13.4. The number of benzene rings is 1. The Kier molecular flexibility index (Phi) is 4.98. The van der Waals surface area contributed by atoms with Crippen LogP contribution in [0.2, 0.25) is 0 Å². The third-order valence-electron chi connectivity index (χ3n) is 7.44. The number of hydrogen-bond acceptors (Lipinski definition) is 9. The third kappa shape index (κ3) is 2.57. The fraction of sp³-hybridized carbons (Fsp3) is 0.500. The van der Waals surface area contributed by atoms with Gasteiger partial charge >= 0.3 is 0 Å². The molecule has 3 aliphatic rings. The first-order chi connectivity index (χ1) is 14.9. The van der Waals surface area contributed by atoms with Gasteiger partial charge in [0.25, 0.3) is 5.91 Å². The highest BCUT2D eigenvalue weighted by Crippen LogP contribution is 2.56. The molecule has 0 radical (unpaired) electrons. The number of amides is 1. The van der Waals surface area contributed by atoms with E-state index in [9.17, 15) is 39.9 Å². The summed E-state index contributed by atoms with van der Waals surface area (Å²) in [6.45, 7) is 1.71. The van der Waals surface area contributed by atoms with Gasteiger partial charge in [-0.15, -0.1) is 0 Å². The van der Waals surface area contributed by atoms with Crippen molar-refractivity contribution in [3.63, 3.8) is 0 Å². The summed E-state index contributed by atoms with van der Waals surface area (Å²) in [5, 5.41) is 55.3. The number of hydrogen-bond donors (Lipinski definition) is 6. The topological polar surface area (TPSA) is 182 Å². The van der Waals surface area contributed by atoms with Gasteiger partial charge < -0.3 is 31.3 Å². The lowest BCUT2D eigenvalue weighted by atomic mass is 9.50. The predicted octanol–water partition coefficient (Wildman–Crippen LogP) is -1.18. The second-order valence-corrected chi connectivity index (χ2v) is 9.15. The van der Waals surface area contributed by atoms with Gasteiger partial charge in [-0.25, -0.2) is 0 Å². The van der Waals surface area contributed by atoms with E-state index in [1.807, 2.05) is 0 Å². The van der Waals surface area contributed by atoms with E-state index in [1.54, 1.807) is 19.1 Å². The largest absolute Gasteiger partial charge is 0.510 e. The SMILES string of the molecule is C[C@H]1c2cccc(O)c2C(=O)C2C1[C@H](O)C1C(N(C)C)C(O)=C(C(N)=O)C(=O)[C@@]1(O)C2O. The highest BCUT2D eigenvalue weighted by atomic mass is 16.4. The van der Waals surface area contributed by atoms with E-state index in [0.29, 0.717) is 5.56 Å². The number of likely N-dealkylation sites (N-methyl/N-ethyl adjacent to an activating group) is 1. The number of carbonyl (C=O) groups is 3. The molecule has 0 heterocycles. The first kappa shape index (κ1) is 22.4. The minimum atomic E-state index is -2.77. The molecule has 7 N–H and O–H groups in total. The molecule has 5 unspecified atom stereocenters. The Morgan fingerprint density at radius 1 is 1.16 bits per heavy atom. The van der Waals surface area contributed by atoms with Gasteiger partial charge in [0.2, 0.25) is 5.78 Å². The Morgan fingerprint density at radius 3 is 2.34 bits per heavy atom. The summed E-state index contributed by atoms with van der Waals surface area (Å²) >= 11 is 0. The molecule has 4 rings (SSSR count).